The fraction of sp³-hybridized carbons (Fsp3) is 0.400. The summed E-state index contributed by atoms with van der Waals surface area (Å²) >= 11 is 4.84. The maximum Gasteiger partial charge on any atom is 0.308 e. The van der Waals surface area contributed by atoms with E-state index in [9.17, 15) is 24.3 Å². The molecule has 8 rings (SSSR count). The molecule has 0 unspecified atom stereocenters. The van der Waals surface area contributed by atoms with Crippen LogP contribution in [-0.2, 0) is 30.3 Å². The number of β-amino-alcohol motifs (C(OH)–C–C–N with tert-alkyl or cyclic N) is 1. The number of aliphatic hydroxyl groups excluding tert-OH is 1. The number of ether oxygens (including phenoxy) is 1. The van der Waals surface area contributed by atoms with Gasteiger partial charge in [0.1, 0.15) is 29.0 Å². The maximum atomic E-state index is 14.3. The zero-order valence-corrected chi connectivity index (χ0v) is 41.6. The number of thiophene rings is 2. The quantitative estimate of drug-likeness (QED) is 0.0963. The van der Waals surface area contributed by atoms with Gasteiger partial charge in [-0.3, -0.25) is 28.7 Å². The molecule has 0 spiro atoms. The Kier molecular flexibility index (Phi) is 13.8. The number of rotatable bonds is 13. The smallest absolute Gasteiger partial charge is 0.308 e. The van der Waals surface area contributed by atoms with Crippen molar-refractivity contribution in [1.82, 2.24) is 35.3 Å². The average Bonchev–Trinajstić information content (AvgIpc) is 4.15. The number of nitrogens with one attached hydrogen (secondary N) is 2. The van der Waals surface area contributed by atoms with Crippen LogP contribution < -0.4 is 10.6 Å². The molecule has 1 fully saturated rings. The average molecular weight is 961 g/mol. The predicted molar refractivity (Wildman–Crippen MR) is 263 cm³/mol. The Bertz CT molecular complexity index is 2850. The van der Waals surface area contributed by atoms with E-state index in [1.807, 2.05) is 100 Å². The molecule has 4 aromatic heterocycles. The second-order valence-electron chi connectivity index (χ2n) is 18.4. The number of hydrogen-bond donors (Lipinski definition) is 3. The molecule has 1 saturated heterocycles. The van der Waals surface area contributed by atoms with E-state index in [2.05, 4.69) is 51.8 Å². The van der Waals surface area contributed by atoms with Crippen LogP contribution in [0.4, 0.5) is 0 Å². The molecular weight excluding hydrogens is 905 g/mol. The van der Waals surface area contributed by atoms with E-state index in [-0.39, 0.29) is 49.6 Å². The maximum absolute atomic E-state index is 14.3. The number of fused-ring (bicyclic) bond motifs is 3. The monoisotopic (exact) mass is 960 g/mol. The van der Waals surface area contributed by atoms with Gasteiger partial charge in [0.05, 0.1) is 47.5 Å². The molecule has 5 atom stereocenters. The number of aryl methyl sites for hydroxylation is 4. The van der Waals surface area contributed by atoms with Crippen LogP contribution in [-0.4, -0.2) is 91.0 Å². The summed E-state index contributed by atoms with van der Waals surface area (Å²) in [5.74, 6) is -0.0932. The number of amides is 3. The van der Waals surface area contributed by atoms with Crippen molar-refractivity contribution in [3.8, 4) is 25.9 Å². The lowest BCUT2D eigenvalue weighted by molar-refractivity contribution is -0.144. The van der Waals surface area contributed by atoms with Crippen molar-refractivity contribution in [2.75, 3.05) is 13.7 Å². The Morgan fingerprint density at radius 2 is 1.61 bits per heavy atom. The van der Waals surface area contributed by atoms with Gasteiger partial charge in [0.15, 0.2) is 5.82 Å². The summed E-state index contributed by atoms with van der Waals surface area (Å²) in [6.45, 7) is 15.6. The van der Waals surface area contributed by atoms with Gasteiger partial charge in [-0.25, -0.2) is 4.98 Å². The fourth-order valence-corrected chi connectivity index (χ4v) is 11.7. The number of hydrogen-bond acceptors (Lipinski definition) is 13. The van der Waals surface area contributed by atoms with E-state index < -0.39 is 35.6 Å². The molecule has 2 aromatic carbocycles. The number of aliphatic hydroxyl groups is 1. The molecule has 17 heteroatoms. The van der Waals surface area contributed by atoms with Crippen molar-refractivity contribution < 1.29 is 29.0 Å². The summed E-state index contributed by atoms with van der Waals surface area (Å²) in [4.78, 5) is 69.5. The predicted octanol–water partition coefficient (Wildman–Crippen LogP) is 8.17. The lowest BCUT2D eigenvalue weighted by atomic mass is 9.85. The summed E-state index contributed by atoms with van der Waals surface area (Å²) in [7, 11) is 1.37. The van der Waals surface area contributed by atoms with Crippen LogP contribution >= 0.6 is 34.0 Å². The van der Waals surface area contributed by atoms with Crippen LogP contribution in [0.3, 0.4) is 0 Å². The van der Waals surface area contributed by atoms with E-state index in [0.717, 1.165) is 75.1 Å². The first-order chi connectivity index (χ1) is 31.9. The molecule has 3 N–H and O–H groups in total. The molecule has 14 nitrogen and oxygen atoms in total. The van der Waals surface area contributed by atoms with Crippen LogP contribution in [0.2, 0.25) is 0 Å². The fourth-order valence-electron chi connectivity index (χ4n) is 8.71. The van der Waals surface area contributed by atoms with Gasteiger partial charge >= 0.3 is 5.97 Å². The zero-order chi connectivity index (χ0) is 47.9. The molecule has 350 valence electrons. The summed E-state index contributed by atoms with van der Waals surface area (Å²) in [5.41, 5.74) is 8.87. The van der Waals surface area contributed by atoms with Crippen LogP contribution in [0.25, 0.3) is 25.9 Å². The van der Waals surface area contributed by atoms with Crippen LogP contribution in [0.1, 0.15) is 108 Å². The molecule has 0 saturated carbocycles. The van der Waals surface area contributed by atoms with Crippen molar-refractivity contribution in [3.05, 3.63) is 116 Å². The van der Waals surface area contributed by atoms with Crippen molar-refractivity contribution in [3.63, 3.8) is 0 Å². The zero-order valence-electron chi connectivity index (χ0n) is 39.2. The van der Waals surface area contributed by atoms with E-state index in [0.29, 0.717) is 12.2 Å². The number of nitrogens with zero attached hydrogens (tertiary/aromatic N) is 6. The number of carbonyl (C=O) groups is 4. The van der Waals surface area contributed by atoms with E-state index in [1.165, 1.54) is 12.0 Å². The Balaban J connectivity index is 0.915. The van der Waals surface area contributed by atoms with Gasteiger partial charge in [0.2, 0.25) is 17.7 Å². The topological polar surface area (TPSA) is 181 Å². The summed E-state index contributed by atoms with van der Waals surface area (Å²) in [6.07, 6.45) is -0.112. The number of aromatic nitrogens is 4. The van der Waals surface area contributed by atoms with Crippen LogP contribution in [0, 0.1) is 33.1 Å². The number of benzene rings is 2. The van der Waals surface area contributed by atoms with Gasteiger partial charge in [0, 0.05) is 45.1 Å². The SMILES string of the molecule is COC(=O)C[C@@H]1N=C(c2ccc(-c3ccc(CCC(=O)N[C@H](C(=O)N4C[C@H](O)C[C@H]4C(=O)N[C@@H](C)c4ccc(-c5scnc5C)cc4)C(C)(C)C)s3)cc2)c2c(sc(C)c2C)-n2c(C)nnc21. The van der Waals surface area contributed by atoms with Crippen LogP contribution in [0.15, 0.2) is 71.2 Å². The second-order valence-corrected chi connectivity index (χ2v) is 21.6. The largest absolute Gasteiger partial charge is 0.469 e. The van der Waals surface area contributed by atoms with Crippen molar-refractivity contribution >= 4 is 63.4 Å². The minimum Gasteiger partial charge on any atom is -0.469 e. The Labute approximate surface area is 402 Å². The summed E-state index contributed by atoms with van der Waals surface area (Å²) in [5, 5.41) is 26.6. The van der Waals surface area contributed by atoms with Crippen molar-refractivity contribution in [2.45, 2.75) is 111 Å². The first kappa shape index (κ1) is 47.6. The molecule has 6 aromatic rings. The molecule has 2 aliphatic rings. The Morgan fingerprint density at radius 3 is 2.28 bits per heavy atom. The normalized spacial score (nSPS) is 17.8. The molecule has 0 radical (unpaired) electrons. The van der Waals surface area contributed by atoms with Gasteiger partial charge in [-0.15, -0.1) is 44.2 Å². The van der Waals surface area contributed by atoms with Crippen molar-refractivity contribution in [1.29, 1.82) is 0 Å². The number of esters is 1. The number of thiazole rings is 1. The van der Waals surface area contributed by atoms with Gasteiger partial charge < -0.3 is 25.4 Å². The highest BCUT2D eigenvalue weighted by Gasteiger charge is 2.45. The molecule has 0 aliphatic carbocycles. The van der Waals surface area contributed by atoms with Gasteiger partial charge in [-0.05, 0) is 80.8 Å². The number of methoxy groups -OCH3 is 1. The third-order valence-electron chi connectivity index (χ3n) is 12.6. The molecule has 0 bridgehead atoms. The van der Waals surface area contributed by atoms with Gasteiger partial charge in [-0.1, -0.05) is 69.3 Å². The molecule has 2 aliphatic heterocycles. The van der Waals surface area contributed by atoms with E-state index >= 15 is 0 Å². The minimum absolute atomic E-state index is 0.00266. The number of likely N-dealkylation sites (tertiary alicyclic amines) is 1. The third-order valence-corrected chi connectivity index (χ3v) is 16.0. The molecule has 3 amide bonds. The first-order valence-corrected chi connectivity index (χ1v) is 24.9. The van der Waals surface area contributed by atoms with Gasteiger partial charge in [0.25, 0.3) is 0 Å². The van der Waals surface area contributed by atoms with Crippen molar-refractivity contribution in [2.24, 2.45) is 10.4 Å². The second kappa shape index (κ2) is 19.4. The summed E-state index contributed by atoms with van der Waals surface area (Å²) < 4.78 is 7.05. The lowest BCUT2D eigenvalue weighted by Crippen LogP contribution is -2.57. The minimum atomic E-state index is -0.924. The molecule has 67 heavy (non-hydrogen) atoms. The third kappa shape index (κ3) is 9.91. The standard InChI is InChI=1S/C50H56N8O6S3/c1-26-29(4)66-49-42(26)43(53-37(23-41(61)64-9)46-56-55-30(5)58(46)49)33-14-12-32(13-15-33)39-20-18-36(67-39)19-21-40(60)54-45(50(6,7)8)48(63)57-24-35(59)22-38(57)47(62)52-27(2)31-10-16-34(17-11-31)44-28(3)51-25-65-44/h10-18,20,25,27,35,37-38,45,59H,19,21-24H2,1-9H3,(H,52,62)(H,54,60)/t27-,35+,37-,38-,45+/m0/s1. The summed E-state index contributed by atoms with van der Waals surface area (Å²) in [6, 6.07) is 17.5. The Hall–Kier alpha value is -5.88. The van der Waals surface area contributed by atoms with E-state index in [4.69, 9.17) is 9.73 Å². The Morgan fingerprint density at radius 1 is 0.910 bits per heavy atom. The lowest BCUT2D eigenvalue weighted by Gasteiger charge is -2.35. The highest BCUT2D eigenvalue weighted by molar-refractivity contribution is 7.15. The first-order valence-electron chi connectivity index (χ1n) is 22.4. The van der Waals surface area contributed by atoms with E-state index in [1.54, 1.807) is 34.0 Å². The molecule has 6 heterocycles. The highest BCUT2D eigenvalue weighted by Crippen LogP contribution is 2.40. The van der Waals surface area contributed by atoms with Crippen LogP contribution in [0.5, 0.6) is 0 Å². The molecular formula is C50H56N8O6S3. The van der Waals surface area contributed by atoms with Gasteiger partial charge in [-0.2, -0.15) is 0 Å². The number of carbonyl (C=O) groups excluding carboxylic acids is 4. The number of aliphatic imine (C=N–C) groups is 1. The highest BCUT2D eigenvalue weighted by atomic mass is 32.1.